The SMILES string of the molecule is COc1ccc2[nH]cc(CCNC(=O)Cc3n[nH]c(=O)c4ccccc34)c2c1. The number of benzene rings is 2. The Labute approximate surface area is 160 Å². The van der Waals surface area contributed by atoms with Gasteiger partial charge in [0.2, 0.25) is 5.91 Å². The summed E-state index contributed by atoms with van der Waals surface area (Å²) in [7, 11) is 1.64. The third kappa shape index (κ3) is 3.46. The molecule has 0 unspecified atom stereocenters. The van der Waals surface area contributed by atoms with Gasteiger partial charge in [-0.05, 0) is 36.2 Å². The van der Waals surface area contributed by atoms with Crippen molar-refractivity contribution in [2.45, 2.75) is 12.8 Å². The highest BCUT2D eigenvalue weighted by Crippen LogP contribution is 2.23. The van der Waals surface area contributed by atoms with Crippen molar-refractivity contribution in [2.24, 2.45) is 0 Å². The maximum Gasteiger partial charge on any atom is 0.272 e. The number of fused-ring (bicyclic) bond motifs is 2. The predicted molar refractivity (Wildman–Crippen MR) is 108 cm³/mol. The van der Waals surface area contributed by atoms with E-state index >= 15 is 0 Å². The minimum atomic E-state index is -0.255. The van der Waals surface area contributed by atoms with Crippen molar-refractivity contribution in [1.82, 2.24) is 20.5 Å². The number of hydrogen-bond donors (Lipinski definition) is 3. The van der Waals surface area contributed by atoms with Gasteiger partial charge in [-0.3, -0.25) is 9.59 Å². The molecule has 0 aliphatic carbocycles. The first-order valence-electron chi connectivity index (χ1n) is 9.02. The fraction of sp³-hybridized carbons (Fsp3) is 0.190. The summed E-state index contributed by atoms with van der Waals surface area (Å²) in [5.41, 5.74) is 2.45. The van der Waals surface area contributed by atoms with Crippen molar-refractivity contribution in [3.05, 3.63) is 70.3 Å². The molecule has 2 heterocycles. The fourth-order valence-electron chi connectivity index (χ4n) is 3.35. The number of ether oxygens (including phenoxy) is 1. The molecule has 0 spiro atoms. The van der Waals surface area contributed by atoms with Crippen LogP contribution in [0.3, 0.4) is 0 Å². The van der Waals surface area contributed by atoms with Crippen LogP contribution < -0.4 is 15.6 Å². The summed E-state index contributed by atoms with van der Waals surface area (Å²) >= 11 is 0. The van der Waals surface area contributed by atoms with Crippen molar-refractivity contribution in [3.63, 3.8) is 0 Å². The number of H-pyrrole nitrogens is 2. The number of nitrogens with zero attached hydrogens (tertiary/aromatic N) is 1. The van der Waals surface area contributed by atoms with Crippen LogP contribution in [0.15, 0.2) is 53.5 Å². The molecule has 1 amide bonds. The molecule has 28 heavy (non-hydrogen) atoms. The summed E-state index contributed by atoms with van der Waals surface area (Å²) in [5.74, 6) is 0.663. The first-order valence-corrected chi connectivity index (χ1v) is 9.02. The Hall–Kier alpha value is -3.61. The first-order chi connectivity index (χ1) is 13.7. The van der Waals surface area contributed by atoms with Gasteiger partial charge in [-0.1, -0.05) is 18.2 Å². The van der Waals surface area contributed by atoms with E-state index in [0.29, 0.717) is 29.4 Å². The van der Waals surface area contributed by atoms with Gasteiger partial charge < -0.3 is 15.0 Å². The van der Waals surface area contributed by atoms with Gasteiger partial charge in [0.05, 0.1) is 24.6 Å². The third-order valence-corrected chi connectivity index (χ3v) is 4.79. The molecule has 7 heteroatoms. The second-order valence-electron chi connectivity index (χ2n) is 6.55. The maximum atomic E-state index is 12.4. The van der Waals surface area contributed by atoms with Crippen LogP contribution in [0, 0.1) is 0 Å². The van der Waals surface area contributed by atoms with Gasteiger partial charge in [0.25, 0.3) is 5.56 Å². The van der Waals surface area contributed by atoms with Crippen LogP contribution in [0.2, 0.25) is 0 Å². The molecule has 2 aromatic heterocycles. The summed E-state index contributed by atoms with van der Waals surface area (Å²) in [6.45, 7) is 0.504. The van der Waals surface area contributed by atoms with E-state index < -0.39 is 0 Å². The van der Waals surface area contributed by atoms with Crippen molar-refractivity contribution < 1.29 is 9.53 Å². The Morgan fingerprint density at radius 1 is 1.14 bits per heavy atom. The molecule has 0 aliphatic heterocycles. The number of hydrogen-bond acceptors (Lipinski definition) is 4. The average molecular weight is 376 g/mol. The van der Waals surface area contributed by atoms with Crippen LogP contribution in [0.4, 0.5) is 0 Å². The predicted octanol–water partition coefficient (Wildman–Crippen LogP) is 2.31. The summed E-state index contributed by atoms with van der Waals surface area (Å²) in [4.78, 5) is 27.4. The monoisotopic (exact) mass is 376 g/mol. The number of carbonyl (C=O) groups excluding carboxylic acids is 1. The quantitative estimate of drug-likeness (QED) is 0.481. The van der Waals surface area contributed by atoms with Gasteiger partial charge in [0, 0.05) is 29.0 Å². The first kappa shape index (κ1) is 17.8. The number of rotatable bonds is 6. The van der Waals surface area contributed by atoms with Crippen LogP contribution in [-0.4, -0.2) is 34.7 Å². The highest BCUT2D eigenvalue weighted by molar-refractivity contribution is 5.88. The lowest BCUT2D eigenvalue weighted by Gasteiger charge is -2.07. The second-order valence-corrected chi connectivity index (χ2v) is 6.55. The molecular formula is C21H20N4O3. The van der Waals surface area contributed by atoms with Crippen LogP contribution in [0.5, 0.6) is 5.75 Å². The lowest BCUT2D eigenvalue weighted by atomic mass is 10.1. The zero-order valence-electron chi connectivity index (χ0n) is 15.4. The molecule has 0 saturated heterocycles. The zero-order valence-corrected chi connectivity index (χ0v) is 15.4. The molecular weight excluding hydrogens is 356 g/mol. The van der Waals surface area contributed by atoms with Crippen LogP contribution in [0.25, 0.3) is 21.7 Å². The van der Waals surface area contributed by atoms with Gasteiger partial charge in [-0.2, -0.15) is 5.10 Å². The van der Waals surface area contributed by atoms with Crippen LogP contribution in [-0.2, 0) is 17.6 Å². The minimum Gasteiger partial charge on any atom is -0.497 e. The molecule has 0 atom stereocenters. The van der Waals surface area contributed by atoms with Gasteiger partial charge in [0.15, 0.2) is 0 Å². The molecule has 2 aromatic carbocycles. The number of aromatic nitrogens is 3. The summed E-state index contributed by atoms with van der Waals surface area (Å²) in [5, 5.41) is 11.7. The highest BCUT2D eigenvalue weighted by atomic mass is 16.5. The van der Waals surface area contributed by atoms with E-state index in [9.17, 15) is 9.59 Å². The van der Waals surface area contributed by atoms with Crippen molar-refractivity contribution >= 4 is 27.6 Å². The van der Waals surface area contributed by atoms with E-state index in [4.69, 9.17) is 4.74 Å². The van der Waals surface area contributed by atoms with Gasteiger partial charge in [-0.15, -0.1) is 0 Å². The van der Waals surface area contributed by atoms with Crippen molar-refractivity contribution in [1.29, 1.82) is 0 Å². The standard InChI is InChI=1S/C21H20N4O3/c1-28-14-6-7-18-17(10-14)13(12-23-18)8-9-22-20(26)11-19-15-4-2-3-5-16(15)21(27)25-24-19/h2-7,10,12,23H,8-9,11H2,1H3,(H,22,26)(H,25,27). The topological polar surface area (TPSA) is 99.9 Å². The normalized spacial score (nSPS) is 11.0. The number of methoxy groups -OCH3 is 1. The minimum absolute atomic E-state index is 0.110. The number of carbonyl (C=O) groups is 1. The lowest BCUT2D eigenvalue weighted by Crippen LogP contribution is -2.28. The van der Waals surface area contributed by atoms with E-state index in [1.165, 1.54) is 0 Å². The Morgan fingerprint density at radius 3 is 2.79 bits per heavy atom. The van der Waals surface area contributed by atoms with E-state index in [1.807, 2.05) is 30.5 Å². The Morgan fingerprint density at radius 2 is 1.96 bits per heavy atom. The average Bonchev–Trinajstić information content (AvgIpc) is 3.12. The molecule has 0 fully saturated rings. The van der Waals surface area contributed by atoms with Crippen LogP contribution in [0.1, 0.15) is 11.3 Å². The van der Waals surface area contributed by atoms with E-state index in [2.05, 4.69) is 20.5 Å². The molecule has 4 aromatic rings. The fourth-order valence-corrected chi connectivity index (χ4v) is 3.35. The Balaban J connectivity index is 1.42. The lowest BCUT2D eigenvalue weighted by molar-refractivity contribution is -0.120. The zero-order chi connectivity index (χ0) is 19.5. The smallest absolute Gasteiger partial charge is 0.272 e. The van der Waals surface area contributed by atoms with E-state index in [1.54, 1.807) is 25.3 Å². The van der Waals surface area contributed by atoms with Crippen LogP contribution >= 0.6 is 0 Å². The molecule has 7 nitrogen and oxygen atoms in total. The maximum absolute atomic E-state index is 12.4. The van der Waals surface area contributed by atoms with E-state index in [-0.39, 0.29) is 17.9 Å². The number of nitrogens with one attached hydrogen (secondary N) is 3. The number of aromatic amines is 2. The summed E-state index contributed by atoms with van der Waals surface area (Å²) in [6, 6.07) is 13.0. The second kappa shape index (κ2) is 7.56. The molecule has 0 radical (unpaired) electrons. The molecule has 0 bridgehead atoms. The molecule has 0 saturated carbocycles. The molecule has 142 valence electrons. The van der Waals surface area contributed by atoms with E-state index in [0.717, 1.165) is 22.2 Å². The van der Waals surface area contributed by atoms with Crippen molar-refractivity contribution in [2.75, 3.05) is 13.7 Å². The third-order valence-electron chi connectivity index (χ3n) is 4.79. The molecule has 3 N–H and O–H groups in total. The largest absolute Gasteiger partial charge is 0.497 e. The van der Waals surface area contributed by atoms with Gasteiger partial charge in [-0.25, -0.2) is 5.10 Å². The van der Waals surface area contributed by atoms with Gasteiger partial charge >= 0.3 is 0 Å². The Bertz CT molecular complexity index is 1210. The molecule has 0 aliphatic rings. The highest BCUT2D eigenvalue weighted by Gasteiger charge is 2.11. The van der Waals surface area contributed by atoms with Crippen molar-refractivity contribution in [3.8, 4) is 5.75 Å². The summed E-state index contributed by atoms with van der Waals surface area (Å²) < 4.78 is 5.28. The number of amides is 1. The van der Waals surface area contributed by atoms with Gasteiger partial charge in [0.1, 0.15) is 5.75 Å². The summed E-state index contributed by atoms with van der Waals surface area (Å²) in [6.07, 6.45) is 2.75. The molecule has 4 rings (SSSR count). The Kier molecular flexibility index (Phi) is 4.80.